The van der Waals surface area contributed by atoms with E-state index >= 15 is 0 Å². The van der Waals surface area contributed by atoms with Gasteiger partial charge >= 0.3 is 0 Å². The molecule has 3 aromatic heterocycles. The van der Waals surface area contributed by atoms with Crippen LogP contribution in [0.25, 0.3) is 0 Å². The number of hydrogen-bond donors (Lipinski definition) is 2. The molecule has 0 saturated heterocycles. The molecule has 0 amide bonds. The van der Waals surface area contributed by atoms with Crippen molar-refractivity contribution in [3.63, 3.8) is 0 Å². The van der Waals surface area contributed by atoms with Crippen molar-refractivity contribution >= 4 is 0 Å². The molecule has 0 aliphatic carbocycles. The summed E-state index contributed by atoms with van der Waals surface area (Å²) in [5, 5.41) is 0. The zero-order valence-corrected chi connectivity index (χ0v) is 10.2. The van der Waals surface area contributed by atoms with Gasteiger partial charge in [-0.05, 0) is 48.9 Å². The highest BCUT2D eigenvalue weighted by Gasteiger charge is 2.32. The minimum absolute atomic E-state index is 0.212. The van der Waals surface area contributed by atoms with E-state index < -0.39 is 0 Å². The summed E-state index contributed by atoms with van der Waals surface area (Å²) in [5.74, 6) is 0. The second-order valence-electron chi connectivity index (χ2n) is 4.53. The SMILES string of the molecule is CC(c1ccncc1)(c1ccc[nH]1)c1ccc[nH]1. The van der Waals surface area contributed by atoms with Crippen molar-refractivity contribution in [2.45, 2.75) is 12.3 Å². The highest BCUT2D eigenvalue weighted by atomic mass is 14.8. The summed E-state index contributed by atoms with van der Waals surface area (Å²) in [4.78, 5) is 10.7. The maximum Gasteiger partial charge on any atom is 0.0724 e. The Labute approximate surface area is 106 Å². The van der Waals surface area contributed by atoms with Crippen LogP contribution in [0, 0.1) is 0 Å². The zero-order chi connectivity index (χ0) is 12.4. The average Bonchev–Trinajstić information content (AvgIpc) is 3.12. The van der Waals surface area contributed by atoms with Crippen LogP contribution in [0.3, 0.4) is 0 Å². The smallest absolute Gasteiger partial charge is 0.0724 e. The van der Waals surface area contributed by atoms with Crippen LogP contribution in [0.1, 0.15) is 23.9 Å². The highest BCUT2D eigenvalue weighted by molar-refractivity contribution is 5.43. The van der Waals surface area contributed by atoms with Gasteiger partial charge in [0, 0.05) is 36.2 Å². The number of nitrogens with one attached hydrogen (secondary N) is 2. The molecule has 0 atom stereocenters. The molecule has 0 saturated carbocycles. The van der Waals surface area contributed by atoms with Gasteiger partial charge < -0.3 is 9.97 Å². The van der Waals surface area contributed by atoms with Crippen molar-refractivity contribution in [3.05, 3.63) is 78.1 Å². The van der Waals surface area contributed by atoms with E-state index in [-0.39, 0.29) is 5.41 Å². The summed E-state index contributed by atoms with van der Waals surface area (Å²) in [7, 11) is 0. The molecule has 18 heavy (non-hydrogen) atoms. The molecular formula is C15H15N3. The summed E-state index contributed by atoms with van der Waals surface area (Å²) in [5.41, 5.74) is 3.32. The van der Waals surface area contributed by atoms with Crippen LogP contribution in [-0.2, 0) is 5.41 Å². The first-order valence-corrected chi connectivity index (χ1v) is 6.00. The van der Waals surface area contributed by atoms with Gasteiger partial charge in [-0.1, -0.05) is 0 Å². The van der Waals surface area contributed by atoms with Crippen molar-refractivity contribution in [1.29, 1.82) is 0 Å². The number of pyridine rings is 1. The molecule has 90 valence electrons. The molecule has 3 aromatic rings. The van der Waals surface area contributed by atoms with E-state index in [0.29, 0.717) is 0 Å². The van der Waals surface area contributed by atoms with Gasteiger partial charge in [0.05, 0.1) is 5.41 Å². The first-order valence-electron chi connectivity index (χ1n) is 6.00. The van der Waals surface area contributed by atoms with E-state index in [1.165, 1.54) is 5.56 Å². The molecule has 3 rings (SSSR count). The minimum Gasteiger partial charge on any atom is -0.364 e. The molecule has 0 unspecified atom stereocenters. The predicted molar refractivity (Wildman–Crippen MR) is 71.4 cm³/mol. The first-order chi connectivity index (χ1) is 8.82. The third-order valence-corrected chi connectivity index (χ3v) is 3.53. The fraction of sp³-hybridized carbons (Fsp3) is 0.133. The minimum atomic E-state index is -0.212. The molecular weight excluding hydrogens is 222 g/mol. The highest BCUT2D eigenvalue weighted by Crippen LogP contribution is 2.36. The zero-order valence-electron chi connectivity index (χ0n) is 10.2. The number of rotatable bonds is 3. The molecule has 0 aliphatic rings. The van der Waals surface area contributed by atoms with Crippen molar-refractivity contribution in [2.24, 2.45) is 0 Å². The Morgan fingerprint density at radius 3 is 1.89 bits per heavy atom. The fourth-order valence-electron chi connectivity index (χ4n) is 2.42. The Morgan fingerprint density at radius 1 is 0.889 bits per heavy atom. The van der Waals surface area contributed by atoms with Crippen LogP contribution in [0.4, 0.5) is 0 Å². The van der Waals surface area contributed by atoms with Crippen LogP contribution in [0.5, 0.6) is 0 Å². The molecule has 3 nitrogen and oxygen atoms in total. The summed E-state index contributed by atoms with van der Waals surface area (Å²) in [6.45, 7) is 2.21. The van der Waals surface area contributed by atoms with E-state index in [1.807, 2.05) is 36.9 Å². The third-order valence-electron chi connectivity index (χ3n) is 3.53. The maximum atomic E-state index is 4.10. The molecule has 0 aromatic carbocycles. The molecule has 3 heteroatoms. The fourth-order valence-corrected chi connectivity index (χ4v) is 2.42. The molecule has 0 bridgehead atoms. The lowest BCUT2D eigenvalue weighted by Gasteiger charge is -2.28. The lowest BCUT2D eigenvalue weighted by Crippen LogP contribution is -2.26. The van der Waals surface area contributed by atoms with Gasteiger partial charge in [-0.2, -0.15) is 0 Å². The number of aromatic amines is 2. The van der Waals surface area contributed by atoms with Crippen molar-refractivity contribution in [3.8, 4) is 0 Å². The first kappa shape index (κ1) is 10.8. The Kier molecular flexibility index (Phi) is 2.52. The second-order valence-corrected chi connectivity index (χ2v) is 4.53. The van der Waals surface area contributed by atoms with Crippen molar-refractivity contribution < 1.29 is 0 Å². The van der Waals surface area contributed by atoms with Gasteiger partial charge in [-0.15, -0.1) is 0 Å². The largest absolute Gasteiger partial charge is 0.364 e. The van der Waals surface area contributed by atoms with Crippen LogP contribution < -0.4 is 0 Å². The molecule has 0 radical (unpaired) electrons. The number of H-pyrrole nitrogens is 2. The molecule has 2 N–H and O–H groups in total. The normalized spacial score (nSPS) is 11.6. The van der Waals surface area contributed by atoms with Crippen molar-refractivity contribution in [1.82, 2.24) is 15.0 Å². The Morgan fingerprint density at radius 2 is 1.44 bits per heavy atom. The van der Waals surface area contributed by atoms with Crippen LogP contribution >= 0.6 is 0 Å². The quantitative estimate of drug-likeness (QED) is 0.722. The van der Waals surface area contributed by atoms with Crippen LogP contribution in [-0.4, -0.2) is 15.0 Å². The Hall–Kier alpha value is -2.29. The van der Waals surface area contributed by atoms with E-state index in [4.69, 9.17) is 0 Å². The van der Waals surface area contributed by atoms with Gasteiger partial charge in [-0.25, -0.2) is 0 Å². The van der Waals surface area contributed by atoms with Gasteiger partial charge in [0.25, 0.3) is 0 Å². The van der Waals surface area contributed by atoms with Gasteiger partial charge in [0.2, 0.25) is 0 Å². The summed E-state index contributed by atoms with van der Waals surface area (Å²) < 4.78 is 0. The average molecular weight is 237 g/mol. The summed E-state index contributed by atoms with van der Waals surface area (Å²) in [6, 6.07) is 12.4. The summed E-state index contributed by atoms with van der Waals surface area (Å²) >= 11 is 0. The topological polar surface area (TPSA) is 44.5 Å². The van der Waals surface area contributed by atoms with E-state index in [1.54, 1.807) is 0 Å². The Bertz CT molecular complexity index is 560. The number of nitrogens with zero attached hydrogens (tertiary/aromatic N) is 1. The van der Waals surface area contributed by atoms with E-state index in [9.17, 15) is 0 Å². The van der Waals surface area contributed by atoms with Gasteiger partial charge in [-0.3, -0.25) is 4.98 Å². The standard InChI is InChI=1S/C15H15N3/c1-15(13-4-2-8-17-13,14-5-3-9-18-14)12-6-10-16-11-7-12/h2-11,17-18H,1H3. The van der Waals surface area contributed by atoms with Crippen LogP contribution in [0.2, 0.25) is 0 Å². The Balaban J connectivity index is 2.22. The number of hydrogen-bond acceptors (Lipinski definition) is 1. The van der Waals surface area contributed by atoms with Gasteiger partial charge in [0.15, 0.2) is 0 Å². The maximum absolute atomic E-state index is 4.10. The summed E-state index contributed by atoms with van der Waals surface area (Å²) in [6.07, 6.45) is 7.58. The second kappa shape index (κ2) is 4.18. The van der Waals surface area contributed by atoms with Gasteiger partial charge in [0.1, 0.15) is 0 Å². The molecule has 3 heterocycles. The number of aromatic nitrogens is 3. The lowest BCUT2D eigenvalue weighted by molar-refractivity contribution is 0.649. The predicted octanol–water partition coefficient (Wildman–Crippen LogP) is 3.09. The molecule has 0 fully saturated rings. The monoisotopic (exact) mass is 237 g/mol. The van der Waals surface area contributed by atoms with E-state index in [2.05, 4.69) is 46.1 Å². The van der Waals surface area contributed by atoms with Crippen molar-refractivity contribution in [2.75, 3.05) is 0 Å². The molecule has 0 spiro atoms. The third kappa shape index (κ3) is 1.56. The molecule has 0 aliphatic heterocycles. The van der Waals surface area contributed by atoms with E-state index in [0.717, 1.165) is 11.4 Å². The lowest BCUT2D eigenvalue weighted by atomic mass is 9.77. The van der Waals surface area contributed by atoms with Crippen LogP contribution in [0.15, 0.2) is 61.2 Å².